The average Bonchev–Trinajstić information content (AvgIpc) is 0.722. The molecule has 0 aliphatic carbocycles. The Kier molecular flexibility index (Phi) is 6.05. The Hall–Kier alpha value is 1.47. The fourth-order valence-electron chi connectivity index (χ4n) is 0. The summed E-state index contributed by atoms with van der Waals surface area (Å²) >= 11 is -6.06. The molecule has 0 N–H and O–H groups in total. The molecule has 0 unspecified atom stereocenters. The molecule has 0 atom stereocenters. The van der Waals surface area contributed by atoms with Crippen LogP contribution in [0.5, 0.6) is 0 Å². The molecule has 6 heavy (non-hydrogen) atoms. The van der Waals surface area contributed by atoms with Crippen molar-refractivity contribution in [2.24, 2.45) is 0 Å². The summed E-state index contributed by atoms with van der Waals surface area (Å²) in [4.78, 5) is 0. The zero-order valence-electron chi connectivity index (χ0n) is 2.99. The van der Waals surface area contributed by atoms with Gasteiger partial charge in [-0.2, -0.15) is 0 Å². The topological polar surface area (TPSA) is 68.3 Å². The minimum absolute atomic E-state index is 0. The fraction of sp³-hybridized carbons (Fsp3) is 0. The van der Waals surface area contributed by atoms with Crippen LogP contribution < -0.4 is 0 Å². The second kappa shape index (κ2) is 3.47. The second-order valence-electron chi connectivity index (χ2n) is 0.354. The predicted octanol–water partition coefficient (Wildman–Crippen LogP) is -0.859. The van der Waals surface area contributed by atoms with Gasteiger partial charge in [-0.05, 0) is 0 Å². The first-order chi connectivity index (χ1) is 2.00. The normalized spacial score (nSPS) is 9.33. The molecule has 0 aromatic carbocycles. The van der Waals surface area contributed by atoms with Gasteiger partial charge in [0, 0.05) is 51.4 Å². The molecule has 0 spiro atoms. The van der Waals surface area contributed by atoms with Gasteiger partial charge in [0.25, 0.3) is 0 Å². The van der Waals surface area contributed by atoms with E-state index in [1.54, 1.807) is 0 Å². The van der Waals surface area contributed by atoms with Crippen molar-refractivity contribution in [3.05, 3.63) is 0 Å². The van der Waals surface area contributed by atoms with Gasteiger partial charge < -0.3 is 0 Å². The van der Waals surface area contributed by atoms with Gasteiger partial charge in [0.1, 0.15) is 0 Å². The maximum atomic E-state index is 8.63. The van der Waals surface area contributed by atoms with Gasteiger partial charge in [0.05, 0.1) is 0 Å². The molecule has 6 heteroatoms. The molecule has 33 valence electrons. The molecule has 0 saturated carbocycles. The van der Waals surface area contributed by atoms with Gasteiger partial charge in [-0.1, -0.05) is 0 Å². The van der Waals surface area contributed by atoms with Crippen molar-refractivity contribution in [1.82, 2.24) is 0 Å². The molecule has 0 aliphatic rings. The van der Waals surface area contributed by atoms with E-state index in [0.717, 1.165) is 0 Å². The monoisotopic (exact) mass is 295 g/mol. The van der Waals surface area contributed by atoms with Crippen molar-refractivity contribution in [2.75, 3.05) is 0 Å². The van der Waals surface area contributed by atoms with E-state index >= 15 is 0 Å². The van der Waals surface area contributed by atoms with Crippen molar-refractivity contribution in [3.63, 3.8) is 0 Å². The second-order valence-corrected chi connectivity index (χ2v) is 2.89. The van der Waals surface area contributed by atoms with Gasteiger partial charge in [0.2, 0.25) is 0 Å². The molecule has 0 aromatic rings. The predicted molar refractivity (Wildman–Crippen MR) is 8.50 cm³/mol. The Morgan fingerprint density at radius 1 is 0.833 bits per heavy atom. The summed E-state index contributed by atoms with van der Waals surface area (Å²) in [5, 5.41) is 0. The van der Waals surface area contributed by atoms with Crippen molar-refractivity contribution in [1.29, 1.82) is 0 Å². The van der Waals surface area contributed by atoms with Crippen LogP contribution in [-0.4, -0.2) is 51.4 Å². The minimum atomic E-state index is -6.06. The molecular formula is KO4Os. The van der Waals surface area contributed by atoms with Crippen LogP contribution in [0.3, 0.4) is 0 Å². The molecule has 0 rings (SSSR count). The van der Waals surface area contributed by atoms with Crippen molar-refractivity contribution in [2.45, 2.75) is 0 Å². The molecule has 0 aliphatic heterocycles. The van der Waals surface area contributed by atoms with Crippen LogP contribution in [0.1, 0.15) is 0 Å². The van der Waals surface area contributed by atoms with Crippen LogP contribution in [-0.2, 0) is 29.0 Å². The number of rotatable bonds is 0. The quantitative estimate of drug-likeness (QED) is 0.545. The summed E-state index contributed by atoms with van der Waals surface area (Å²) in [6.45, 7) is 0. The van der Waals surface area contributed by atoms with Crippen LogP contribution >= 0.6 is 0 Å². The van der Waals surface area contributed by atoms with Gasteiger partial charge in [-0.15, -0.1) is 0 Å². The first-order valence-corrected chi connectivity index (χ1v) is 4.73. The van der Waals surface area contributed by atoms with Crippen molar-refractivity contribution in [3.8, 4) is 0 Å². The third-order valence-electron chi connectivity index (χ3n) is 0. The summed E-state index contributed by atoms with van der Waals surface area (Å²) in [5.74, 6) is 0. The molecule has 4 nitrogen and oxygen atoms in total. The van der Waals surface area contributed by atoms with E-state index < -0.39 is 14.8 Å². The summed E-state index contributed by atoms with van der Waals surface area (Å²) < 4.78 is 34.5. The summed E-state index contributed by atoms with van der Waals surface area (Å²) in [5.41, 5.74) is 0. The van der Waals surface area contributed by atoms with E-state index in [1.807, 2.05) is 0 Å². The molecule has 0 amide bonds. The summed E-state index contributed by atoms with van der Waals surface area (Å²) in [6, 6.07) is 0. The van der Waals surface area contributed by atoms with Crippen LogP contribution in [0.15, 0.2) is 0 Å². The third kappa shape index (κ3) is 50.5. The molecule has 1 radical (unpaired) electrons. The number of hydrogen-bond donors (Lipinski definition) is 0. The molecule has 0 saturated heterocycles. The molecule has 0 heterocycles. The SMILES string of the molecule is [K].[O]=[Os](=[O])(=[O])=[O]. The van der Waals surface area contributed by atoms with Gasteiger partial charge >= 0.3 is 29.0 Å². The zero-order valence-corrected chi connectivity index (χ0v) is 8.65. The first-order valence-electron chi connectivity index (χ1n) is 0.577. The van der Waals surface area contributed by atoms with Crippen molar-refractivity contribution >= 4 is 51.4 Å². The van der Waals surface area contributed by atoms with Crippen LogP contribution in [0.4, 0.5) is 0 Å². The molecular weight excluding hydrogens is 293 g/mol. The van der Waals surface area contributed by atoms with Gasteiger partial charge in [-0.25, -0.2) is 0 Å². The van der Waals surface area contributed by atoms with Gasteiger partial charge in [0.15, 0.2) is 0 Å². The van der Waals surface area contributed by atoms with E-state index in [-0.39, 0.29) is 51.4 Å². The average molecular weight is 293 g/mol. The van der Waals surface area contributed by atoms with Gasteiger partial charge in [-0.3, -0.25) is 0 Å². The maximum absolute atomic E-state index is 8.63. The van der Waals surface area contributed by atoms with E-state index in [0.29, 0.717) is 0 Å². The van der Waals surface area contributed by atoms with Crippen LogP contribution in [0.2, 0.25) is 0 Å². The summed E-state index contributed by atoms with van der Waals surface area (Å²) in [7, 11) is 0. The molecule has 0 fully saturated rings. The Labute approximate surface area is 78.7 Å². The Bertz CT molecular complexity index is 159. The fourth-order valence-corrected chi connectivity index (χ4v) is 0. The molecule has 0 bridgehead atoms. The van der Waals surface area contributed by atoms with Crippen LogP contribution in [0.25, 0.3) is 0 Å². The zero-order chi connectivity index (χ0) is 4.50. The number of hydrogen-bond acceptors (Lipinski definition) is 4. The van der Waals surface area contributed by atoms with Crippen molar-refractivity contribution < 1.29 is 29.0 Å². The van der Waals surface area contributed by atoms with E-state index in [4.69, 9.17) is 14.2 Å². The Morgan fingerprint density at radius 3 is 0.833 bits per heavy atom. The van der Waals surface area contributed by atoms with Crippen LogP contribution in [0, 0.1) is 0 Å². The standard InChI is InChI=1S/K.4O.Os. The summed E-state index contributed by atoms with van der Waals surface area (Å²) in [6.07, 6.45) is 0. The Balaban J connectivity index is 0. The first kappa shape index (κ1) is 10.5. The van der Waals surface area contributed by atoms with E-state index in [1.165, 1.54) is 0 Å². The van der Waals surface area contributed by atoms with E-state index in [2.05, 4.69) is 0 Å². The Morgan fingerprint density at radius 2 is 0.833 bits per heavy atom. The third-order valence-corrected chi connectivity index (χ3v) is 0. The van der Waals surface area contributed by atoms with E-state index in [9.17, 15) is 0 Å². The molecule has 0 aromatic heterocycles.